The van der Waals surface area contributed by atoms with E-state index in [9.17, 15) is 10.2 Å². The standard InChI is InChI=1S/C11H19N3O2/c1-2-14-10(12-8-13-14)7-9(15)11(16)5-3-4-6-11/h8-9,15-16H,2-7H2,1H3. The fourth-order valence-corrected chi connectivity index (χ4v) is 2.39. The van der Waals surface area contributed by atoms with Crippen LogP contribution in [0.3, 0.4) is 0 Å². The Morgan fingerprint density at radius 1 is 1.50 bits per heavy atom. The third kappa shape index (κ3) is 2.10. The monoisotopic (exact) mass is 225 g/mol. The molecular formula is C11H19N3O2. The summed E-state index contributed by atoms with van der Waals surface area (Å²) >= 11 is 0. The van der Waals surface area contributed by atoms with E-state index < -0.39 is 11.7 Å². The Kier molecular flexibility index (Phi) is 3.25. The van der Waals surface area contributed by atoms with Crippen molar-refractivity contribution in [3.63, 3.8) is 0 Å². The van der Waals surface area contributed by atoms with Gasteiger partial charge in [0.1, 0.15) is 12.2 Å². The van der Waals surface area contributed by atoms with Gasteiger partial charge in [0.15, 0.2) is 0 Å². The summed E-state index contributed by atoms with van der Waals surface area (Å²) in [7, 11) is 0. The zero-order valence-electron chi connectivity index (χ0n) is 9.63. The van der Waals surface area contributed by atoms with Crippen molar-refractivity contribution in [1.29, 1.82) is 0 Å². The SMILES string of the molecule is CCn1ncnc1CC(O)C1(O)CCCC1. The molecule has 1 unspecified atom stereocenters. The molecular weight excluding hydrogens is 206 g/mol. The second kappa shape index (κ2) is 4.51. The lowest BCUT2D eigenvalue weighted by Gasteiger charge is -2.28. The molecule has 16 heavy (non-hydrogen) atoms. The van der Waals surface area contributed by atoms with E-state index in [4.69, 9.17) is 0 Å². The van der Waals surface area contributed by atoms with Crippen LogP contribution in [0.4, 0.5) is 0 Å². The van der Waals surface area contributed by atoms with Gasteiger partial charge < -0.3 is 10.2 Å². The normalized spacial score (nSPS) is 21.2. The van der Waals surface area contributed by atoms with Gasteiger partial charge >= 0.3 is 0 Å². The first kappa shape index (κ1) is 11.5. The summed E-state index contributed by atoms with van der Waals surface area (Å²) in [4.78, 5) is 4.11. The highest BCUT2D eigenvalue weighted by molar-refractivity contribution is 4.97. The maximum atomic E-state index is 10.2. The summed E-state index contributed by atoms with van der Waals surface area (Å²) in [6.07, 6.45) is 4.50. The van der Waals surface area contributed by atoms with Crippen molar-refractivity contribution >= 4 is 0 Å². The van der Waals surface area contributed by atoms with Crippen molar-refractivity contribution in [3.05, 3.63) is 12.2 Å². The van der Waals surface area contributed by atoms with Crippen LogP contribution in [0.15, 0.2) is 6.33 Å². The van der Waals surface area contributed by atoms with Crippen molar-refractivity contribution < 1.29 is 10.2 Å². The molecule has 0 saturated heterocycles. The number of hydrogen-bond acceptors (Lipinski definition) is 4. The van der Waals surface area contributed by atoms with E-state index in [1.54, 1.807) is 4.68 Å². The summed E-state index contributed by atoms with van der Waals surface area (Å²) in [5, 5.41) is 24.3. The van der Waals surface area contributed by atoms with Crippen molar-refractivity contribution in [2.45, 2.75) is 57.3 Å². The van der Waals surface area contributed by atoms with Crippen molar-refractivity contribution in [1.82, 2.24) is 14.8 Å². The van der Waals surface area contributed by atoms with Crippen LogP contribution < -0.4 is 0 Å². The Hall–Kier alpha value is -0.940. The highest BCUT2D eigenvalue weighted by Gasteiger charge is 2.38. The number of aliphatic hydroxyl groups is 2. The Bertz CT molecular complexity index is 345. The predicted molar refractivity (Wildman–Crippen MR) is 58.8 cm³/mol. The van der Waals surface area contributed by atoms with Crippen LogP contribution in [0.5, 0.6) is 0 Å². The zero-order valence-corrected chi connectivity index (χ0v) is 9.63. The second-order valence-electron chi connectivity index (χ2n) is 4.52. The van der Waals surface area contributed by atoms with Gasteiger partial charge in [-0.3, -0.25) is 4.68 Å². The maximum Gasteiger partial charge on any atom is 0.138 e. The van der Waals surface area contributed by atoms with Gasteiger partial charge in [-0.1, -0.05) is 12.8 Å². The molecule has 1 aromatic heterocycles. The molecule has 0 bridgehead atoms. The van der Waals surface area contributed by atoms with Crippen LogP contribution in [0.25, 0.3) is 0 Å². The number of aryl methyl sites for hydroxylation is 1. The van der Waals surface area contributed by atoms with Gasteiger partial charge in [0.05, 0.1) is 11.7 Å². The lowest BCUT2D eigenvalue weighted by molar-refractivity contribution is -0.0700. The Morgan fingerprint density at radius 2 is 2.19 bits per heavy atom. The number of hydrogen-bond donors (Lipinski definition) is 2. The Balaban J connectivity index is 2.04. The van der Waals surface area contributed by atoms with E-state index in [0.29, 0.717) is 19.3 Å². The van der Waals surface area contributed by atoms with Crippen LogP contribution in [0.2, 0.25) is 0 Å². The molecule has 2 N–H and O–H groups in total. The minimum Gasteiger partial charge on any atom is -0.390 e. The molecule has 0 aliphatic heterocycles. The minimum absolute atomic E-state index is 0.379. The molecule has 1 heterocycles. The molecule has 1 aliphatic carbocycles. The highest BCUT2D eigenvalue weighted by atomic mass is 16.3. The lowest BCUT2D eigenvalue weighted by Crippen LogP contribution is -2.41. The molecule has 1 atom stereocenters. The largest absolute Gasteiger partial charge is 0.390 e. The number of rotatable bonds is 4. The third-order valence-corrected chi connectivity index (χ3v) is 3.46. The first-order valence-electron chi connectivity index (χ1n) is 5.93. The van der Waals surface area contributed by atoms with Crippen molar-refractivity contribution in [2.24, 2.45) is 0 Å². The van der Waals surface area contributed by atoms with Crippen molar-refractivity contribution in [3.8, 4) is 0 Å². The summed E-state index contributed by atoms with van der Waals surface area (Å²) in [5.74, 6) is 0.746. The summed E-state index contributed by atoms with van der Waals surface area (Å²) in [6.45, 7) is 2.72. The van der Waals surface area contributed by atoms with Crippen LogP contribution in [0, 0.1) is 0 Å². The molecule has 0 radical (unpaired) electrons. The quantitative estimate of drug-likeness (QED) is 0.783. The summed E-state index contributed by atoms with van der Waals surface area (Å²) in [5.41, 5.74) is -0.912. The molecule has 1 aliphatic rings. The van der Waals surface area contributed by atoms with Gasteiger partial charge in [0.25, 0.3) is 0 Å². The highest BCUT2D eigenvalue weighted by Crippen LogP contribution is 2.33. The number of aromatic nitrogens is 3. The van der Waals surface area contributed by atoms with Crippen LogP contribution >= 0.6 is 0 Å². The fraction of sp³-hybridized carbons (Fsp3) is 0.818. The van der Waals surface area contributed by atoms with Gasteiger partial charge in [-0.2, -0.15) is 5.10 Å². The molecule has 1 aromatic rings. The molecule has 0 aromatic carbocycles. The fourth-order valence-electron chi connectivity index (χ4n) is 2.39. The summed E-state index contributed by atoms with van der Waals surface area (Å²) < 4.78 is 1.75. The first-order valence-corrected chi connectivity index (χ1v) is 5.93. The first-order chi connectivity index (χ1) is 7.65. The van der Waals surface area contributed by atoms with E-state index in [1.807, 2.05) is 6.92 Å². The second-order valence-corrected chi connectivity index (χ2v) is 4.52. The topological polar surface area (TPSA) is 71.2 Å². The zero-order chi connectivity index (χ0) is 11.6. The predicted octanol–water partition coefficient (Wildman–Crippen LogP) is 0.506. The van der Waals surface area contributed by atoms with E-state index in [-0.39, 0.29) is 0 Å². The molecule has 1 fully saturated rings. The Morgan fingerprint density at radius 3 is 2.81 bits per heavy atom. The molecule has 0 spiro atoms. The number of aliphatic hydroxyl groups excluding tert-OH is 1. The van der Waals surface area contributed by atoms with Crippen LogP contribution in [-0.4, -0.2) is 36.7 Å². The third-order valence-electron chi connectivity index (χ3n) is 3.46. The van der Waals surface area contributed by atoms with Gasteiger partial charge in [0.2, 0.25) is 0 Å². The molecule has 0 amide bonds. The van der Waals surface area contributed by atoms with Crippen LogP contribution in [-0.2, 0) is 13.0 Å². The molecule has 5 nitrogen and oxygen atoms in total. The van der Waals surface area contributed by atoms with Crippen molar-refractivity contribution in [2.75, 3.05) is 0 Å². The van der Waals surface area contributed by atoms with Gasteiger partial charge in [-0.05, 0) is 19.8 Å². The van der Waals surface area contributed by atoms with E-state index in [2.05, 4.69) is 10.1 Å². The average Bonchev–Trinajstić information content (AvgIpc) is 2.87. The van der Waals surface area contributed by atoms with Gasteiger partial charge in [-0.15, -0.1) is 0 Å². The van der Waals surface area contributed by atoms with E-state index >= 15 is 0 Å². The minimum atomic E-state index is -0.912. The van der Waals surface area contributed by atoms with Gasteiger partial charge in [0, 0.05) is 13.0 Å². The summed E-state index contributed by atoms with van der Waals surface area (Å²) in [6, 6.07) is 0. The lowest BCUT2D eigenvalue weighted by atomic mass is 9.92. The van der Waals surface area contributed by atoms with E-state index in [0.717, 1.165) is 25.2 Å². The smallest absolute Gasteiger partial charge is 0.138 e. The molecule has 5 heteroatoms. The molecule has 2 rings (SSSR count). The Labute approximate surface area is 95.1 Å². The van der Waals surface area contributed by atoms with Crippen LogP contribution in [0.1, 0.15) is 38.4 Å². The van der Waals surface area contributed by atoms with E-state index in [1.165, 1.54) is 6.33 Å². The molecule has 1 saturated carbocycles. The number of nitrogens with zero attached hydrogens (tertiary/aromatic N) is 3. The average molecular weight is 225 g/mol. The molecule has 90 valence electrons. The maximum absolute atomic E-state index is 10.2. The van der Waals surface area contributed by atoms with Gasteiger partial charge in [-0.25, -0.2) is 4.98 Å².